The van der Waals surface area contributed by atoms with Crippen LogP contribution in [-0.4, -0.2) is 31.9 Å². The van der Waals surface area contributed by atoms with E-state index >= 15 is 0 Å². The molecule has 1 saturated heterocycles. The van der Waals surface area contributed by atoms with Crippen LogP contribution in [0, 0.1) is 5.41 Å². The fourth-order valence-electron chi connectivity index (χ4n) is 2.35. The number of methoxy groups -OCH3 is 1. The highest BCUT2D eigenvalue weighted by molar-refractivity contribution is 5.29. The third-order valence-corrected chi connectivity index (χ3v) is 3.38. The SMILES string of the molecule is COc1cccc(CC2(CO)CCNC2)c1. The zero-order chi connectivity index (χ0) is 11.4. The first kappa shape index (κ1) is 11.4. The van der Waals surface area contributed by atoms with Crippen LogP contribution in [-0.2, 0) is 6.42 Å². The maximum absolute atomic E-state index is 9.53. The van der Waals surface area contributed by atoms with Crippen molar-refractivity contribution in [3.63, 3.8) is 0 Å². The van der Waals surface area contributed by atoms with Gasteiger partial charge in [-0.25, -0.2) is 0 Å². The molecular weight excluding hydrogens is 202 g/mol. The summed E-state index contributed by atoms with van der Waals surface area (Å²) in [7, 11) is 1.68. The quantitative estimate of drug-likeness (QED) is 0.803. The van der Waals surface area contributed by atoms with Crippen LogP contribution in [0.1, 0.15) is 12.0 Å². The van der Waals surface area contributed by atoms with Gasteiger partial charge in [-0.05, 0) is 37.1 Å². The number of benzene rings is 1. The molecule has 0 spiro atoms. The highest BCUT2D eigenvalue weighted by Gasteiger charge is 2.33. The van der Waals surface area contributed by atoms with Crippen LogP contribution in [0.5, 0.6) is 5.75 Å². The Labute approximate surface area is 96.4 Å². The Morgan fingerprint density at radius 2 is 2.38 bits per heavy atom. The van der Waals surface area contributed by atoms with Crippen molar-refractivity contribution < 1.29 is 9.84 Å². The Balaban J connectivity index is 2.12. The molecule has 0 aliphatic carbocycles. The molecule has 16 heavy (non-hydrogen) atoms. The smallest absolute Gasteiger partial charge is 0.119 e. The van der Waals surface area contributed by atoms with Crippen molar-refractivity contribution in [1.82, 2.24) is 5.32 Å². The summed E-state index contributed by atoms with van der Waals surface area (Å²) >= 11 is 0. The van der Waals surface area contributed by atoms with E-state index in [1.807, 2.05) is 12.1 Å². The molecule has 3 heteroatoms. The Morgan fingerprint density at radius 1 is 1.50 bits per heavy atom. The van der Waals surface area contributed by atoms with E-state index in [1.165, 1.54) is 5.56 Å². The van der Waals surface area contributed by atoms with Crippen molar-refractivity contribution in [3.05, 3.63) is 29.8 Å². The maximum atomic E-state index is 9.53. The highest BCUT2D eigenvalue weighted by Crippen LogP contribution is 2.30. The second kappa shape index (κ2) is 4.85. The van der Waals surface area contributed by atoms with Crippen LogP contribution in [0.2, 0.25) is 0 Å². The van der Waals surface area contributed by atoms with Gasteiger partial charge in [0.2, 0.25) is 0 Å². The molecule has 3 nitrogen and oxygen atoms in total. The molecule has 0 bridgehead atoms. The van der Waals surface area contributed by atoms with E-state index in [9.17, 15) is 5.11 Å². The molecule has 1 aliphatic rings. The third kappa shape index (κ3) is 2.36. The topological polar surface area (TPSA) is 41.5 Å². The van der Waals surface area contributed by atoms with Crippen molar-refractivity contribution in [1.29, 1.82) is 0 Å². The van der Waals surface area contributed by atoms with Crippen LogP contribution >= 0.6 is 0 Å². The largest absolute Gasteiger partial charge is 0.497 e. The van der Waals surface area contributed by atoms with Gasteiger partial charge in [0.05, 0.1) is 13.7 Å². The lowest BCUT2D eigenvalue weighted by Crippen LogP contribution is -2.30. The summed E-state index contributed by atoms with van der Waals surface area (Å²) in [6.45, 7) is 2.16. The van der Waals surface area contributed by atoms with Gasteiger partial charge in [0, 0.05) is 12.0 Å². The number of hydrogen-bond donors (Lipinski definition) is 2. The number of rotatable bonds is 4. The van der Waals surface area contributed by atoms with Gasteiger partial charge in [-0.2, -0.15) is 0 Å². The van der Waals surface area contributed by atoms with Gasteiger partial charge in [-0.15, -0.1) is 0 Å². The van der Waals surface area contributed by atoms with Crippen LogP contribution < -0.4 is 10.1 Å². The number of aliphatic hydroxyl groups excluding tert-OH is 1. The monoisotopic (exact) mass is 221 g/mol. The van der Waals surface area contributed by atoms with Gasteiger partial charge in [0.15, 0.2) is 0 Å². The molecule has 2 N–H and O–H groups in total. The third-order valence-electron chi connectivity index (χ3n) is 3.38. The molecule has 0 saturated carbocycles. The standard InChI is InChI=1S/C13H19NO2/c1-16-12-4-2-3-11(7-12)8-13(10-15)5-6-14-9-13/h2-4,7,14-15H,5-6,8-10H2,1H3. The molecule has 0 aromatic heterocycles. The van der Waals surface area contributed by atoms with E-state index in [4.69, 9.17) is 4.74 Å². The van der Waals surface area contributed by atoms with Crippen LogP contribution in [0.15, 0.2) is 24.3 Å². The summed E-state index contributed by atoms with van der Waals surface area (Å²) in [5, 5.41) is 12.9. The van der Waals surface area contributed by atoms with Crippen LogP contribution in [0.25, 0.3) is 0 Å². The van der Waals surface area contributed by atoms with E-state index in [2.05, 4.69) is 17.4 Å². The average molecular weight is 221 g/mol. The van der Waals surface area contributed by atoms with Gasteiger partial charge >= 0.3 is 0 Å². The minimum atomic E-state index is 0.0202. The van der Waals surface area contributed by atoms with Gasteiger partial charge in [-0.3, -0.25) is 0 Å². The molecule has 1 fully saturated rings. The molecule has 1 unspecified atom stereocenters. The van der Waals surface area contributed by atoms with E-state index in [0.717, 1.165) is 31.7 Å². The summed E-state index contributed by atoms with van der Waals surface area (Å²) in [6, 6.07) is 8.09. The summed E-state index contributed by atoms with van der Waals surface area (Å²) in [6.07, 6.45) is 1.95. The van der Waals surface area contributed by atoms with E-state index in [0.29, 0.717) is 0 Å². The average Bonchev–Trinajstić information content (AvgIpc) is 2.78. The van der Waals surface area contributed by atoms with E-state index in [1.54, 1.807) is 7.11 Å². The summed E-state index contributed by atoms with van der Waals surface area (Å²) in [5.41, 5.74) is 1.25. The Morgan fingerprint density at radius 3 is 3.00 bits per heavy atom. The lowest BCUT2D eigenvalue weighted by atomic mass is 9.81. The highest BCUT2D eigenvalue weighted by atomic mass is 16.5. The van der Waals surface area contributed by atoms with Crippen molar-refractivity contribution >= 4 is 0 Å². The lowest BCUT2D eigenvalue weighted by molar-refractivity contribution is 0.143. The Hall–Kier alpha value is -1.06. The normalized spacial score (nSPS) is 24.6. The predicted octanol–water partition coefficient (Wildman–Crippen LogP) is 1.21. The summed E-state index contributed by atoms with van der Waals surface area (Å²) in [5.74, 6) is 0.886. The molecule has 1 heterocycles. The number of ether oxygens (including phenoxy) is 1. The zero-order valence-electron chi connectivity index (χ0n) is 9.70. The Kier molecular flexibility index (Phi) is 3.46. The second-order valence-electron chi connectivity index (χ2n) is 4.61. The van der Waals surface area contributed by atoms with Gasteiger partial charge in [-0.1, -0.05) is 12.1 Å². The molecule has 1 aromatic carbocycles. The Bertz CT molecular complexity index is 346. The lowest BCUT2D eigenvalue weighted by Gasteiger charge is -2.25. The fourth-order valence-corrected chi connectivity index (χ4v) is 2.35. The molecule has 88 valence electrons. The van der Waals surface area contributed by atoms with Crippen molar-refractivity contribution in [2.24, 2.45) is 5.41 Å². The van der Waals surface area contributed by atoms with Crippen LogP contribution in [0.4, 0.5) is 0 Å². The van der Waals surface area contributed by atoms with Gasteiger partial charge < -0.3 is 15.2 Å². The molecular formula is C13H19NO2. The van der Waals surface area contributed by atoms with Crippen molar-refractivity contribution in [2.75, 3.05) is 26.8 Å². The minimum absolute atomic E-state index is 0.0202. The van der Waals surface area contributed by atoms with Gasteiger partial charge in [0.25, 0.3) is 0 Å². The number of aliphatic hydroxyl groups is 1. The molecule has 0 radical (unpaired) electrons. The van der Waals surface area contributed by atoms with Crippen molar-refractivity contribution in [2.45, 2.75) is 12.8 Å². The molecule has 1 aliphatic heterocycles. The first-order chi connectivity index (χ1) is 7.78. The summed E-state index contributed by atoms with van der Waals surface area (Å²) < 4.78 is 5.21. The minimum Gasteiger partial charge on any atom is -0.497 e. The second-order valence-corrected chi connectivity index (χ2v) is 4.61. The maximum Gasteiger partial charge on any atom is 0.119 e. The predicted molar refractivity (Wildman–Crippen MR) is 63.7 cm³/mol. The fraction of sp³-hybridized carbons (Fsp3) is 0.538. The van der Waals surface area contributed by atoms with E-state index < -0.39 is 0 Å². The number of nitrogens with one attached hydrogen (secondary N) is 1. The summed E-state index contributed by atoms with van der Waals surface area (Å²) in [4.78, 5) is 0. The molecule has 1 atom stereocenters. The molecule has 2 rings (SSSR count). The number of hydrogen-bond acceptors (Lipinski definition) is 3. The van der Waals surface area contributed by atoms with Crippen LogP contribution in [0.3, 0.4) is 0 Å². The molecule has 0 amide bonds. The first-order valence-corrected chi connectivity index (χ1v) is 5.72. The van der Waals surface area contributed by atoms with Gasteiger partial charge in [0.1, 0.15) is 5.75 Å². The first-order valence-electron chi connectivity index (χ1n) is 5.72. The zero-order valence-corrected chi connectivity index (χ0v) is 9.70. The van der Waals surface area contributed by atoms with E-state index in [-0.39, 0.29) is 12.0 Å². The molecule has 1 aromatic rings. The van der Waals surface area contributed by atoms with Crippen molar-refractivity contribution in [3.8, 4) is 5.75 Å².